The van der Waals surface area contributed by atoms with E-state index < -0.39 is 0 Å². The maximum absolute atomic E-state index is 5.99. The molecular formula is C30H35N7O. The van der Waals surface area contributed by atoms with Gasteiger partial charge in [-0.1, -0.05) is 36.4 Å². The number of aromatic nitrogens is 2. The summed E-state index contributed by atoms with van der Waals surface area (Å²) < 4.78 is 5.99. The topological polar surface area (TPSA) is 80.9 Å². The van der Waals surface area contributed by atoms with Gasteiger partial charge in [0.05, 0.1) is 5.69 Å². The lowest BCUT2D eigenvalue weighted by atomic mass is 10.1. The fourth-order valence-electron chi connectivity index (χ4n) is 4.92. The third-order valence-electron chi connectivity index (χ3n) is 7.38. The molecule has 4 heterocycles. The van der Waals surface area contributed by atoms with Crippen LogP contribution in [0.2, 0.25) is 0 Å². The highest BCUT2D eigenvalue weighted by Crippen LogP contribution is 2.39. The summed E-state index contributed by atoms with van der Waals surface area (Å²) in [5, 5.41) is 10.1. The Hall–Kier alpha value is -3.72. The van der Waals surface area contributed by atoms with Gasteiger partial charge in [-0.25, -0.2) is 9.97 Å². The predicted octanol–water partition coefficient (Wildman–Crippen LogP) is 4.29. The molecule has 2 atom stereocenters. The number of likely N-dealkylation sites (N-methyl/N-ethyl adjacent to an activating group) is 1. The second kappa shape index (κ2) is 10.9. The van der Waals surface area contributed by atoms with Crippen LogP contribution >= 0.6 is 0 Å². The molecule has 0 spiro atoms. The molecule has 1 aromatic heterocycles. The first kappa shape index (κ1) is 24.6. The van der Waals surface area contributed by atoms with E-state index in [0.717, 1.165) is 67.5 Å². The summed E-state index contributed by atoms with van der Waals surface area (Å²) in [7, 11) is 2.19. The van der Waals surface area contributed by atoms with E-state index >= 15 is 0 Å². The van der Waals surface area contributed by atoms with Gasteiger partial charge in [-0.15, -0.1) is 0 Å². The summed E-state index contributed by atoms with van der Waals surface area (Å²) in [4.78, 5) is 14.1. The number of hydrogen-bond donors (Lipinski definition) is 3. The minimum Gasteiger partial charge on any atom is -0.387 e. The third-order valence-corrected chi connectivity index (χ3v) is 7.38. The van der Waals surface area contributed by atoms with E-state index in [-0.39, 0.29) is 12.3 Å². The molecule has 38 heavy (non-hydrogen) atoms. The first-order valence-electron chi connectivity index (χ1n) is 13.3. The van der Waals surface area contributed by atoms with E-state index in [1.165, 1.54) is 11.1 Å². The van der Waals surface area contributed by atoms with Crippen molar-refractivity contribution in [3.05, 3.63) is 95.5 Å². The van der Waals surface area contributed by atoms with E-state index in [0.29, 0.717) is 5.95 Å². The zero-order valence-electron chi connectivity index (χ0n) is 22.0. The van der Waals surface area contributed by atoms with Gasteiger partial charge < -0.3 is 25.6 Å². The quantitative estimate of drug-likeness (QED) is 0.388. The number of nitrogens with one attached hydrogen (secondary N) is 3. The van der Waals surface area contributed by atoms with E-state index in [9.17, 15) is 0 Å². The molecule has 2 saturated heterocycles. The Morgan fingerprint density at radius 2 is 1.89 bits per heavy atom. The van der Waals surface area contributed by atoms with Crippen LogP contribution in [0, 0.1) is 6.92 Å². The van der Waals surface area contributed by atoms with Crippen molar-refractivity contribution in [3.8, 4) is 0 Å². The zero-order valence-corrected chi connectivity index (χ0v) is 22.0. The summed E-state index contributed by atoms with van der Waals surface area (Å²) in [6.07, 6.45) is 7.82. The average Bonchev–Trinajstić information content (AvgIpc) is 3.72. The molecule has 2 aromatic carbocycles. The molecule has 3 aliphatic rings. The van der Waals surface area contributed by atoms with Gasteiger partial charge in [-0.2, -0.15) is 0 Å². The van der Waals surface area contributed by atoms with Crippen molar-refractivity contribution in [2.24, 2.45) is 0 Å². The first-order valence-corrected chi connectivity index (χ1v) is 13.3. The zero-order chi connectivity index (χ0) is 25.9. The van der Waals surface area contributed by atoms with Crippen molar-refractivity contribution in [2.75, 3.05) is 50.4 Å². The second-order valence-electron chi connectivity index (χ2n) is 10.3. The van der Waals surface area contributed by atoms with Crippen LogP contribution in [0.5, 0.6) is 0 Å². The number of rotatable bonds is 8. The number of allylic oxidation sites excluding steroid dienone is 2. The lowest BCUT2D eigenvalue weighted by Gasteiger charge is -2.32. The average molecular weight is 510 g/mol. The van der Waals surface area contributed by atoms with Gasteiger partial charge >= 0.3 is 0 Å². The highest BCUT2D eigenvalue weighted by atomic mass is 16.6. The Balaban J connectivity index is 1.06. The summed E-state index contributed by atoms with van der Waals surface area (Å²) in [5.74, 6) is 0.579. The van der Waals surface area contributed by atoms with Crippen LogP contribution in [0.25, 0.3) is 5.57 Å². The Kier molecular flexibility index (Phi) is 7.09. The van der Waals surface area contributed by atoms with Gasteiger partial charge in [0.1, 0.15) is 6.10 Å². The molecule has 0 saturated carbocycles. The summed E-state index contributed by atoms with van der Waals surface area (Å²) in [6.45, 7) is 8.40. The van der Waals surface area contributed by atoms with Crippen LogP contribution in [0.15, 0.2) is 73.1 Å². The molecule has 0 bridgehead atoms. The lowest BCUT2D eigenvalue weighted by Crippen LogP contribution is -2.43. The van der Waals surface area contributed by atoms with Crippen LogP contribution in [0.3, 0.4) is 0 Å². The van der Waals surface area contributed by atoms with Gasteiger partial charge in [0.15, 0.2) is 6.23 Å². The maximum atomic E-state index is 5.99. The van der Waals surface area contributed by atoms with E-state index in [1.807, 2.05) is 18.3 Å². The maximum Gasteiger partial charge on any atom is 0.227 e. The van der Waals surface area contributed by atoms with Crippen LogP contribution in [-0.4, -0.2) is 65.8 Å². The number of piperazine rings is 1. The number of dihydropyridines is 1. The minimum atomic E-state index is -0.0348. The highest BCUT2D eigenvalue weighted by Gasteiger charge is 2.40. The predicted molar refractivity (Wildman–Crippen MR) is 152 cm³/mol. The number of hydrogen-bond acceptors (Lipinski definition) is 8. The van der Waals surface area contributed by atoms with Crippen LogP contribution in [0.4, 0.5) is 17.3 Å². The molecule has 3 N–H and O–H groups in total. The van der Waals surface area contributed by atoms with Crippen LogP contribution < -0.4 is 16.0 Å². The standard InChI is InChI=1S/C30H35N7O/c1-21-5-10-25(18-27(21)35-30-32-13-11-26(34-30)24-4-3-12-31-19-24)33-29-28(38-29)23-8-6-22(7-9-23)20-37-16-14-36(2)15-17-37/h3-13,18,28-29,31,33H,14-17,19-20H2,1-2H3,(H,32,34,35). The first-order chi connectivity index (χ1) is 18.6. The van der Waals surface area contributed by atoms with E-state index in [2.05, 4.69) is 93.2 Å². The minimum absolute atomic E-state index is 0.0348. The Morgan fingerprint density at radius 1 is 1.05 bits per heavy atom. The van der Waals surface area contributed by atoms with Gasteiger partial charge in [-0.3, -0.25) is 4.90 Å². The Labute approximate surface area is 224 Å². The monoisotopic (exact) mass is 509 g/mol. The molecule has 3 aliphatic heterocycles. The van der Waals surface area contributed by atoms with Crippen molar-refractivity contribution in [2.45, 2.75) is 25.8 Å². The van der Waals surface area contributed by atoms with Gasteiger partial charge in [-0.05, 0) is 66.7 Å². The Morgan fingerprint density at radius 3 is 2.68 bits per heavy atom. The normalized spacial score (nSPS) is 21.5. The summed E-state index contributed by atoms with van der Waals surface area (Å²) >= 11 is 0. The fraction of sp³-hybridized carbons (Fsp3) is 0.333. The molecule has 6 rings (SSSR count). The third kappa shape index (κ3) is 5.88. The number of ether oxygens (including phenoxy) is 1. The SMILES string of the molecule is Cc1ccc(NC2OC2c2ccc(CN3CCN(C)CC3)cc2)cc1Nc1nccc(C2=CC=CNC2)n1. The van der Waals surface area contributed by atoms with Gasteiger partial charge in [0.2, 0.25) is 5.95 Å². The smallest absolute Gasteiger partial charge is 0.227 e. The van der Waals surface area contributed by atoms with Crippen LogP contribution in [0.1, 0.15) is 28.5 Å². The molecule has 0 radical (unpaired) electrons. The van der Waals surface area contributed by atoms with Gasteiger partial charge in [0, 0.05) is 56.8 Å². The second-order valence-corrected chi connectivity index (χ2v) is 10.3. The molecule has 2 unspecified atom stereocenters. The fourth-order valence-corrected chi connectivity index (χ4v) is 4.92. The molecular weight excluding hydrogens is 474 g/mol. The molecule has 8 nitrogen and oxygen atoms in total. The van der Waals surface area contributed by atoms with E-state index in [1.54, 1.807) is 6.20 Å². The van der Waals surface area contributed by atoms with Crippen molar-refractivity contribution >= 4 is 22.9 Å². The highest BCUT2D eigenvalue weighted by molar-refractivity contribution is 5.69. The van der Waals surface area contributed by atoms with Crippen molar-refractivity contribution < 1.29 is 4.74 Å². The molecule has 196 valence electrons. The molecule has 2 fully saturated rings. The molecule has 0 aliphatic carbocycles. The van der Waals surface area contributed by atoms with Crippen LogP contribution in [-0.2, 0) is 11.3 Å². The van der Waals surface area contributed by atoms with Crippen molar-refractivity contribution in [1.29, 1.82) is 0 Å². The molecule has 3 aromatic rings. The van der Waals surface area contributed by atoms with Crippen molar-refractivity contribution in [3.63, 3.8) is 0 Å². The van der Waals surface area contributed by atoms with E-state index in [4.69, 9.17) is 9.72 Å². The largest absolute Gasteiger partial charge is 0.387 e. The molecule has 8 heteroatoms. The summed E-state index contributed by atoms with van der Waals surface area (Å²) in [6, 6.07) is 17.1. The summed E-state index contributed by atoms with van der Waals surface area (Å²) in [5.41, 5.74) is 7.70. The Bertz CT molecular complexity index is 1330. The molecule has 0 amide bonds. The lowest BCUT2D eigenvalue weighted by molar-refractivity contribution is 0.148. The number of aryl methyl sites for hydroxylation is 1. The number of nitrogens with zero attached hydrogens (tertiary/aromatic N) is 4. The van der Waals surface area contributed by atoms with Gasteiger partial charge in [0.25, 0.3) is 0 Å². The number of anilines is 3. The number of benzene rings is 2. The number of epoxide rings is 1. The van der Waals surface area contributed by atoms with Crippen molar-refractivity contribution in [1.82, 2.24) is 25.1 Å².